The lowest BCUT2D eigenvalue weighted by Gasteiger charge is -2.27. The molecule has 3 aromatic rings. The highest BCUT2D eigenvalue weighted by atomic mass is 35.5. The van der Waals surface area contributed by atoms with E-state index in [4.69, 9.17) is 16.0 Å². The van der Waals surface area contributed by atoms with E-state index in [9.17, 15) is 17.6 Å². The fourth-order valence-electron chi connectivity index (χ4n) is 3.55. The minimum atomic E-state index is -3.19. The maximum atomic E-state index is 13.3. The van der Waals surface area contributed by atoms with Crippen LogP contribution >= 0.6 is 11.6 Å². The fraction of sp³-hybridized carbons (Fsp3) is 0.227. The number of amides is 1. The van der Waals surface area contributed by atoms with Crippen LogP contribution in [0.4, 0.5) is 4.39 Å². The van der Waals surface area contributed by atoms with Crippen molar-refractivity contribution in [3.8, 4) is 11.3 Å². The monoisotopic (exact) mass is 447 g/mol. The Morgan fingerprint density at radius 2 is 1.77 bits per heavy atom. The SMILES string of the molecule is O=C(c1ccc(F)cc1)N(Cc1ccc(-c2ccc(Cl)cc2)o1)C1CCS(=O)(=O)C1. The van der Waals surface area contributed by atoms with Crippen molar-refractivity contribution in [2.24, 2.45) is 0 Å². The van der Waals surface area contributed by atoms with E-state index >= 15 is 0 Å². The van der Waals surface area contributed by atoms with Crippen LogP contribution in [0.1, 0.15) is 22.5 Å². The first kappa shape index (κ1) is 20.6. The van der Waals surface area contributed by atoms with Crippen molar-refractivity contribution in [1.82, 2.24) is 4.90 Å². The van der Waals surface area contributed by atoms with E-state index in [2.05, 4.69) is 0 Å². The summed E-state index contributed by atoms with van der Waals surface area (Å²) in [5.74, 6) is 0.292. The Bertz CT molecular complexity index is 1160. The second-order valence-electron chi connectivity index (χ2n) is 7.27. The van der Waals surface area contributed by atoms with Crippen molar-refractivity contribution < 1.29 is 22.0 Å². The average molecular weight is 448 g/mol. The Morgan fingerprint density at radius 3 is 2.40 bits per heavy atom. The van der Waals surface area contributed by atoms with E-state index in [1.165, 1.54) is 29.2 Å². The van der Waals surface area contributed by atoms with Gasteiger partial charge in [-0.15, -0.1) is 0 Å². The first-order valence-electron chi connectivity index (χ1n) is 9.42. The number of rotatable bonds is 5. The van der Waals surface area contributed by atoms with Gasteiger partial charge in [0.2, 0.25) is 0 Å². The van der Waals surface area contributed by atoms with Crippen LogP contribution in [0.15, 0.2) is 65.1 Å². The number of nitrogens with zero attached hydrogens (tertiary/aromatic N) is 1. The van der Waals surface area contributed by atoms with Crippen LogP contribution in [-0.2, 0) is 16.4 Å². The van der Waals surface area contributed by atoms with Crippen molar-refractivity contribution in [3.63, 3.8) is 0 Å². The predicted molar refractivity (Wildman–Crippen MR) is 112 cm³/mol. The molecule has 1 unspecified atom stereocenters. The molecule has 0 aliphatic carbocycles. The van der Waals surface area contributed by atoms with Gasteiger partial charge in [-0.2, -0.15) is 0 Å². The first-order valence-corrected chi connectivity index (χ1v) is 11.6. The Labute approximate surface area is 179 Å². The number of furan rings is 1. The second-order valence-corrected chi connectivity index (χ2v) is 9.93. The predicted octanol–water partition coefficient (Wildman–Crippen LogP) is 4.57. The van der Waals surface area contributed by atoms with Crippen LogP contribution in [0, 0.1) is 5.82 Å². The van der Waals surface area contributed by atoms with Crippen LogP contribution in [-0.4, -0.2) is 36.8 Å². The smallest absolute Gasteiger partial charge is 0.254 e. The van der Waals surface area contributed by atoms with Gasteiger partial charge < -0.3 is 9.32 Å². The molecule has 1 aliphatic heterocycles. The summed E-state index contributed by atoms with van der Waals surface area (Å²) in [5.41, 5.74) is 1.13. The van der Waals surface area contributed by atoms with Gasteiger partial charge in [0.15, 0.2) is 9.84 Å². The molecular formula is C22H19ClFNO4S. The average Bonchev–Trinajstić information content (AvgIpc) is 3.33. The summed E-state index contributed by atoms with van der Waals surface area (Å²) < 4.78 is 43.2. The van der Waals surface area contributed by atoms with Gasteiger partial charge in [-0.3, -0.25) is 4.79 Å². The van der Waals surface area contributed by atoms with Crippen LogP contribution in [0.5, 0.6) is 0 Å². The quantitative estimate of drug-likeness (QED) is 0.574. The molecule has 2 aromatic carbocycles. The number of carbonyl (C=O) groups excluding carboxylic acids is 1. The molecule has 0 N–H and O–H groups in total. The summed E-state index contributed by atoms with van der Waals surface area (Å²) in [6, 6.07) is 15.5. The van der Waals surface area contributed by atoms with E-state index in [-0.39, 0.29) is 24.0 Å². The van der Waals surface area contributed by atoms with E-state index in [0.29, 0.717) is 28.5 Å². The molecule has 1 fully saturated rings. The molecule has 1 aromatic heterocycles. The summed E-state index contributed by atoms with van der Waals surface area (Å²) in [4.78, 5) is 14.6. The third-order valence-corrected chi connectivity index (χ3v) is 7.12. The van der Waals surface area contributed by atoms with Gasteiger partial charge >= 0.3 is 0 Å². The zero-order chi connectivity index (χ0) is 21.3. The van der Waals surface area contributed by atoms with Crippen molar-refractivity contribution in [2.45, 2.75) is 19.0 Å². The minimum Gasteiger partial charge on any atom is -0.459 e. The lowest BCUT2D eigenvalue weighted by atomic mass is 10.1. The Kier molecular flexibility index (Phi) is 5.66. The van der Waals surface area contributed by atoms with Gasteiger partial charge in [-0.05, 0) is 67.1 Å². The van der Waals surface area contributed by atoms with E-state index < -0.39 is 21.7 Å². The van der Waals surface area contributed by atoms with Gasteiger partial charge in [0.1, 0.15) is 17.3 Å². The van der Waals surface area contributed by atoms with Crippen LogP contribution in [0.3, 0.4) is 0 Å². The minimum absolute atomic E-state index is 0.0407. The van der Waals surface area contributed by atoms with E-state index in [1.54, 1.807) is 24.3 Å². The van der Waals surface area contributed by atoms with Gasteiger partial charge in [0.25, 0.3) is 5.91 Å². The molecule has 1 aliphatic rings. The van der Waals surface area contributed by atoms with Crippen molar-refractivity contribution >= 4 is 27.3 Å². The van der Waals surface area contributed by atoms with Gasteiger partial charge in [-0.25, -0.2) is 12.8 Å². The number of hydrogen-bond donors (Lipinski definition) is 0. The number of carbonyl (C=O) groups is 1. The number of benzene rings is 2. The summed E-state index contributed by atoms with van der Waals surface area (Å²) in [7, 11) is -3.19. The molecule has 0 spiro atoms. The maximum Gasteiger partial charge on any atom is 0.254 e. The Morgan fingerprint density at radius 1 is 1.07 bits per heavy atom. The standard InChI is InChI=1S/C22H19ClFNO4S/c23-17-5-1-15(2-6-17)21-10-9-20(29-21)13-25(19-11-12-30(27,28)14-19)22(26)16-3-7-18(24)8-4-16/h1-10,19H,11-14H2. The molecule has 1 saturated heterocycles. The molecule has 5 nitrogen and oxygen atoms in total. The van der Waals surface area contributed by atoms with Crippen molar-refractivity contribution in [1.29, 1.82) is 0 Å². The summed E-state index contributed by atoms with van der Waals surface area (Å²) in [5, 5.41) is 0.615. The Balaban J connectivity index is 1.61. The molecule has 8 heteroatoms. The zero-order valence-corrected chi connectivity index (χ0v) is 17.5. The van der Waals surface area contributed by atoms with Crippen LogP contribution in [0.25, 0.3) is 11.3 Å². The highest BCUT2D eigenvalue weighted by molar-refractivity contribution is 7.91. The molecule has 0 bridgehead atoms. The zero-order valence-electron chi connectivity index (χ0n) is 15.9. The molecule has 0 radical (unpaired) electrons. The Hall–Kier alpha value is -2.64. The van der Waals surface area contributed by atoms with Crippen molar-refractivity contribution in [3.05, 3.63) is 82.8 Å². The first-order chi connectivity index (χ1) is 14.3. The molecular weight excluding hydrogens is 429 g/mol. The highest BCUT2D eigenvalue weighted by Gasteiger charge is 2.35. The molecule has 2 heterocycles. The fourth-order valence-corrected chi connectivity index (χ4v) is 5.40. The topological polar surface area (TPSA) is 67.6 Å². The maximum absolute atomic E-state index is 13.3. The van der Waals surface area contributed by atoms with E-state index in [0.717, 1.165) is 5.56 Å². The highest BCUT2D eigenvalue weighted by Crippen LogP contribution is 2.27. The van der Waals surface area contributed by atoms with E-state index in [1.807, 2.05) is 12.1 Å². The molecule has 1 amide bonds. The third kappa shape index (κ3) is 4.57. The summed E-state index contributed by atoms with van der Waals surface area (Å²) in [6.45, 7) is 0.115. The lowest BCUT2D eigenvalue weighted by Crippen LogP contribution is -2.40. The normalized spacial score (nSPS) is 17.7. The van der Waals surface area contributed by atoms with Gasteiger partial charge in [-0.1, -0.05) is 11.6 Å². The molecule has 30 heavy (non-hydrogen) atoms. The number of hydrogen-bond acceptors (Lipinski definition) is 4. The second kappa shape index (κ2) is 8.24. The molecule has 156 valence electrons. The van der Waals surface area contributed by atoms with Crippen LogP contribution < -0.4 is 0 Å². The van der Waals surface area contributed by atoms with Gasteiger partial charge in [0.05, 0.1) is 18.1 Å². The molecule has 1 atom stereocenters. The van der Waals surface area contributed by atoms with Gasteiger partial charge in [0, 0.05) is 22.2 Å². The van der Waals surface area contributed by atoms with Crippen LogP contribution in [0.2, 0.25) is 5.02 Å². The van der Waals surface area contributed by atoms with Crippen molar-refractivity contribution in [2.75, 3.05) is 11.5 Å². The molecule has 0 saturated carbocycles. The largest absolute Gasteiger partial charge is 0.459 e. The lowest BCUT2D eigenvalue weighted by molar-refractivity contribution is 0.0666. The molecule has 4 rings (SSSR count). The number of sulfone groups is 1. The summed E-state index contributed by atoms with van der Waals surface area (Å²) in [6.07, 6.45) is 0.361. The third-order valence-electron chi connectivity index (χ3n) is 5.12. The summed E-state index contributed by atoms with van der Waals surface area (Å²) >= 11 is 5.92. The number of halogens is 2.